The maximum Gasteiger partial charge on any atom is 0.224 e. The van der Waals surface area contributed by atoms with Crippen LogP contribution in [-0.2, 0) is 11.2 Å². The topological polar surface area (TPSA) is 29.1 Å². The molecule has 5 heteroatoms. The molecule has 0 bridgehead atoms. The van der Waals surface area contributed by atoms with Crippen molar-refractivity contribution in [3.63, 3.8) is 0 Å². The van der Waals surface area contributed by atoms with E-state index in [1.165, 1.54) is 18.2 Å². The maximum atomic E-state index is 14.2. The van der Waals surface area contributed by atoms with Crippen LogP contribution in [0.15, 0.2) is 36.4 Å². The van der Waals surface area contributed by atoms with E-state index in [0.29, 0.717) is 18.5 Å². The number of amides is 1. The highest BCUT2D eigenvalue weighted by Crippen LogP contribution is 2.35. The van der Waals surface area contributed by atoms with E-state index in [1.54, 1.807) is 18.2 Å². The second kappa shape index (κ2) is 5.45. The first-order valence-electron chi connectivity index (χ1n) is 6.57. The van der Waals surface area contributed by atoms with Gasteiger partial charge in [0.2, 0.25) is 5.91 Å². The SMILES string of the molecule is O=C1CCc2cc(C(Cl)c3ccccc3F)c(F)cc2N1. The molecular formula is C16H12ClF2NO. The first kappa shape index (κ1) is 14.0. The van der Waals surface area contributed by atoms with Crippen molar-refractivity contribution in [2.24, 2.45) is 0 Å². The second-order valence-electron chi connectivity index (χ2n) is 4.96. The van der Waals surface area contributed by atoms with E-state index in [9.17, 15) is 13.6 Å². The highest BCUT2D eigenvalue weighted by molar-refractivity contribution is 6.22. The maximum absolute atomic E-state index is 14.2. The summed E-state index contributed by atoms with van der Waals surface area (Å²) in [6.07, 6.45) is 0.875. The molecule has 0 saturated heterocycles. The molecule has 0 fully saturated rings. The Morgan fingerprint density at radius 2 is 1.81 bits per heavy atom. The molecule has 1 unspecified atom stereocenters. The molecule has 2 nitrogen and oxygen atoms in total. The zero-order chi connectivity index (χ0) is 15.0. The van der Waals surface area contributed by atoms with E-state index in [-0.39, 0.29) is 17.0 Å². The number of benzene rings is 2. The lowest BCUT2D eigenvalue weighted by molar-refractivity contribution is -0.116. The van der Waals surface area contributed by atoms with E-state index in [4.69, 9.17) is 11.6 Å². The molecule has 2 aromatic carbocycles. The monoisotopic (exact) mass is 307 g/mol. The Balaban J connectivity index is 2.03. The molecule has 2 aromatic rings. The summed E-state index contributed by atoms with van der Waals surface area (Å²) in [5.41, 5.74) is 1.73. The normalized spacial score (nSPS) is 15.3. The molecule has 0 spiro atoms. The fourth-order valence-electron chi connectivity index (χ4n) is 2.46. The Morgan fingerprint density at radius 3 is 2.57 bits per heavy atom. The lowest BCUT2D eigenvalue weighted by atomic mass is 9.96. The van der Waals surface area contributed by atoms with Gasteiger partial charge in [-0.2, -0.15) is 0 Å². The van der Waals surface area contributed by atoms with Gasteiger partial charge in [0.15, 0.2) is 0 Å². The summed E-state index contributed by atoms with van der Waals surface area (Å²) in [7, 11) is 0. The fourth-order valence-corrected chi connectivity index (χ4v) is 2.81. The van der Waals surface area contributed by atoms with Crippen LogP contribution in [-0.4, -0.2) is 5.91 Å². The summed E-state index contributed by atoms with van der Waals surface area (Å²) in [5, 5.41) is 1.71. The molecule has 0 aromatic heterocycles. The first-order valence-corrected chi connectivity index (χ1v) is 7.00. The Bertz CT molecular complexity index is 717. The third kappa shape index (κ3) is 2.63. The summed E-state index contributed by atoms with van der Waals surface area (Å²) >= 11 is 6.25. The van der Waals surface area contributed by atoms with Crippen molar-refractivity contribution in [2.75, 3.05) is 5.32 Å². The first-order chi connectivity index (χ1) is 10.1. The van der Waals surface area contributed by atoms with E-state index < -0.39 is 17.0 Å². The highest BCUT2D eigenvalue weighted by Gasteiger charge is 2.23. The molecule has 0 aliphatic carbocycles. The number of carbonyl (C=O) groups excluding carboxylic acids is 1. The molecule has 1 amide bonds. The van der Waals surface area contributed by atoms with Crippen LogP contribution in [0.2, 0.25) is 0 Å². The van der Waals surface area contributed by atoms with Crippen molar-refractivity contribution in [1.29, 1.82) is 0 Å². The van der Waals surface area contributed by atoms with Crippen LogP contribution in [0.1, 0.15) is 28.5 Å². The van der Waals surface area contributed by atoms with E-state index in [1.807, 2.05) is 0 Å². The number of rotatable bonds is 2. The summed E-state index contributed by atoms with van der Waals surface area (Å²) < 4.78 is 28.0. The average Bonchev–Trinajstić information content (AvgIpc) is 2.46. The van der Waals surface area contributed by atoms with Crippen LogP contribution in [0.3, 0.4) is 0 Å². The number of hydrogen-bond donors (Lipinski definition) is 1. The quantitative estimate of drug-likeness (QED) is 0.829. The van der Waals surface area contributed by atoms with Gasteiger partial charge in [-0.25, -0.2) is 8.78 Å². The number of alkyl halides is 1. The number of aryl methyl sites for hydroxylation is 1. The minimum Gasteiger partial charge on any atom is -0.326 e. The highest BCUT2D eigenvalue weighted by atomic mass is 35.5. The number of anilines is 1. The van der Waals surface area contributed by atoms with Crippen molar-refractivity contribution < 1.29 is 13.6 Å². The number of fused-ring (bicyclic) bond motifs is 1. The Labute approximate surface area is 125 Å². The molecule has 0 saturated carbocycles. The summed E-state index contributed by atoms with van der Waals surface area (Å²) in [6, 6.07) is 8.90. The van der Waals surface area contributed by atoms with Gasteiger partial charge in [0.05, 0.1) is 5.38 Å². The third-order valence-electron chi connectivity index (χ3n) is 3.57. The second-order valence-corrected chi connectivity index (χ2v) is 5.40. The number of carbonyl (C=O) groups is 1. The van der Waals surface area contributed by atoms with Crippen LogP contribution in [0.5, 0.6) is 0 Å². The van der Waals surface area contributed by atoms with E-state index >= 15 is 0 Å². The van der Waals surface area contributed by atoms with Gasteiger partial charge in [-0.05, 0) is 30.2 Å². The number of halogens is 3. The van der Waals surface area contributed by atoms with E-state index in [0.717, 1.165) is 5.56 Å². The van der Waals surface area contributed by atoms with Crippen LogP contribution in [0, 0.1) is 11.6 Å². The molecule has 1 aliphatic heterocycles. The molecule has 1 heterocycles. The Kier molecular flexibility index (Phi) is 3.64. The van der Waals surface area contributed by atoms with Crippen molar-refractivity contribution in [3.05, 3.63) is 64.7 Å². The summed E-state index contributed by atoms with van der Waals surface area (Å²) in [6.45, 7) is 0. The van der Waals surface area contributed by atoms with Gasteiger partial charge in [-0.1, -0.05) is 18.2 Å². The van der Waals surface area contributed by atoms with Crippen molar-refractivity contribution in [2.45, 2.75) is 18.2 Å². The van der Waals surface area contributed by atoms with Crippen LogP contribution < -0.4 is 5.32 Å². The predicted octanol–water partition coefficient (Wildman–Crippen LogP) is 4.18. The molecule has 1 N–H and O–H groups in total. The summed E-state index contributed by atoms with van der Waals surface area (Å²) in [4.78, 5) is 11.3. The van der Waals surface area contributed by atoms with Gasteiger partial charge in [-0.3, -0.25) is 4.79 Å². The van der Waals surface area contributed by atoms with Crippen LogP contribution >= 0.6 is 11.6 Å². The molecule has 21 heavy (non-hydrogen) atoms. The zero-order valence-electron chi connectivity index (χ0n) is 11.0. The molecule has 1 atom stereocenters. The Hall–Kier alpha value is -1.94. The third-order valence-corrected chi connectivity index (χ3v) is 4.04. The molecule has 1 aliphatic rings. The molecule has 3 rings (SSSR count). The lowest BCUT2D eigenvalue weighted by Gasteiger charge is -2.20. The van der Waals surface area contributed by atoms with Crippen molar-refractivity contribution in [1.82, 2.24) is 0 Å². The van der Waals surface area contributed by atoms with Crippen LogP contribution in [0.4, 0.5) is 14.5 Å². The van der Waals surface area contributed by atoms with Crippen LogP contribution in [0.25, 0.3) is 0 Å². The largest absolute Gasteiger partial charge is 0.326 e. The minimum atomic E-state index is -0.908. The molecule has 108 valence electrons. The van der Waals surface area contributed by atoms with Crippen molar-refractivity contribution >= 4 is 23.2 Å². The van der Waals surface area contributed by atoms with E-state index in [2.05, 4.69) is 5.32 Å². The summed E-state index contributed by atoms with van der Waals surface area (Å²) in [5.74, 6) is -1.16. The van der Waals surface area contributed by atoms with Gasteiger partial charge in [-0.15, -0.1) is 11.6 Å². The lowest BCUT2D eigenvalue weighted by Crippen LogP contribution is -2.19. The average molecular weight is 308 g/mol. The van der Waals surface area contributed by atoms with Gasteiger partial charge >= 0.3 is 0 Å². The fraction of sp³-hybridized carbons (Fsp3) is 0.188. The minimum absolute atomic E-state index is 0.133. The predicted molar refractivity (Wildman–Crippen MR) is 77.4 cm³/mol. The Morgan fingerprint density at radius 1 is 1.05 bits per heavy atom. The van der Waals surface area contributed by atoms with Gasteiger partial charge in [0.1, 0.15) is 11.6 Å². The molecular weight excluding hydrogens is 296 g/mol. The van der Waals surface area contributed by atoms with Gasteiger partial charge < -0.3 is 5.32 Å². The number of nitrogens with one attached hydrogen (secondary N) is 1. The standard InChI is InChI=1S/C16H12ClF2NO/c17-16(10-3-1-2-4-12(10)18)11-7-9-5-6-15(21)20-14(9)8-13(11)19/h1-4,7-8,16H,5-6H2,(H,20,21). The van der Waals surface area contributed by atoms with Gasteiger partial charge in [0.25, 0.3) is 0 Å². The molecule has 0 radical (unpaired) electrons. The zero-order valence-corrected chi connectivity index (χ0v) is 11.8. The smallest absolute Gasteiger partial charge is 0.224 e. The van der Waals surface area contributed by atoms with Gasteiger partial charge in [0, 0.05) is 23.2 Å². The number of hydrogen-bond acceptors (Lipinski definition) is 1. The van der Waals surface area contributed by atoms with Crippen molar-refractivity contribution in [3.8, 4) is 0 Å².